The van der Waals surface area contributed by atoms with Crippen LogP contribution < -0.4 is 0 Å². The highest BCUT2D eigenvalue weighted by molar-refractivity contribution is 9.10. The Morgan fingerprint density at radius 3 is 3.00 bits per heavy atom. The minimum Gasteiger partial charge on any atom is -0.206 e. The SMILES string of the molecule is [N-]=[N+]=NCCC=Cc1ccc(Br)c(F)c1. The van der Waals surface area contributed by atoms with E-state index in [9.17, 15) is 4.39 Å². The van der Waals surface area contributed by atoms with E-state index in [1.54, 1.807) is 18.2 Å². The lowest BCUT2D eigenvalue weighted by atomic mass is 10.2. The maximum Gasteiger partial charge on any atom is 0.137 e. The summed E-state index contributed by atoms with van der Waals surface area (Å²) < 4.78 is 13.5. The third kappa shape index (κ3) is 4.14. The molecule has 0 atom stereocenters. The number of azide groups is 1. The van der Waals surface area contributed by atoms with Gasteiger partial charge in [0.25, 0.3) is 0 Å². The van der Waals surface area contributed by atoms with Gasteiger partial charge in [-0.25, -0.2) is 4.39 Å². The van der Waals surface area contributed by atoms with Crippen LogP contribution in [0.25, 0.3) is 16.5 Å². The second-order valence-electron chi connectivity index (χ2n) is 2.82. The molecule has 15 heavy (non-hydrogen) atoms. The van der Waals surface area contributed by atoms with Gasteiger partial charge in [-0.3, -0.25) is 0 Å². The van der Waals surface area contributed by atoms with Gasteiger partial charge in [-0.05, 0) is 45.6 Å². The molecule has 0 aliphatic rings. The Bertz CT molecular complexity index is 411. The zero-order chi connectivity index (χ0) is 11.1. The molecule has 3 nitrogen and oxygen atoms in total. The highest BCUT2D eigenvalue weighted by Crippen LogP contribution is 2.17. The first-order valence-corrected chi connectivity index (χ1v) is 5.16. The summed E-state index contributed by atoms with van der Waals surface area (Å²) in [5.74, 6) is -0.285. The summed E-state index contributed by atoms with van der Waals surface area (Å²) in [4.78, 5) is 2.63. The lowest BCUT2D eigenvalue weighted by Crippen LogP contribution is -1.79. The molecule has 0 heterocycles. The predicted molar refractivity (Wildman–Crippen MR) is 61.8 cm³/mol. The van der Waals surface area contributed by atoms with Crippen LogP contribution in [0.3, 0.4) is 0 Å². The molecule has 0 fully saturated rings. The molecule has 1 aromatic rings. The van der Waals surface area contributed by atoms with Crippen molar-refractivity contribution in [3.8, 4) is 0 Å². The molecule has 1 rings (SSSR count). The van der Waals surface area contributed by atoms with E-state index >= 15 is 0 Å². The van der Waals surface area contributed by atoms with Crippen LogP contribution in [0.5, 0.6) is 0 Å². The van der Waals surface area contributed by atoms with E-state index < -0.39 is 0 Å². The minimum atomic E-state index is -0.285. The molecule has 0 saturated carbocycles. The topological polar surface area (TPSA) is 48.8 Å². The number of benzene rings is 1. The van der Waals surface area contributed by atoms with Crippen molar-refractivity contribution in [3.05, 3.63) is 50.6 Å². The van der Waals surface area contributed by atoms with Crippen LogP contribution in [0.4, 0.5) is 4.39 Å². The van der Waals surface area contributed by atoms with Crippen LogP contribution >= 0.6 is 15.9 Å². The molecule has 0 aromatic heterocycles. The van der Waals surface area contributed by atoms with Gasteiger partial charge in [0.05, 0.1) is 4.47 Å². The largest absolute Gasteiger partial charge is 0.206 e. The van der Waals surface area contributed by atoms with Gasteiger partial charge in [0, 0.05) is 11.5 Å². The average Bonchev–Trinajstić information content (AvgIpc) is 2.23. The summed E-state index contributed by atoms with van der Waals surface area (Å²) in [6.45, 7) is 0.423. The molecule has 0 aliphatic carbocycles. The lowest BCUT2D eigenvalue weighted by Gasteiger charge is -1.96. The number of rotatable bonds is 4. The summed E-state index contributed by atoms with van der Waals surface area (Å²) in [6, 6.07) is 4.90. The third-order valence-corrected chi connectivity index (χ3v) is 2.36. The molecule has 78 valence electrons. The molecule has 0 aliphatic heterocycles. The van der Waals surface area contributed by atoms with Gasteiger partial charge in [-0.1, -0.05) is 23.3 Å². The fourth-order valence-corrected chi connectivity index (χ4v) is 1.26. The van der Waals surface area contributed by atoms with Crippen LogP contribution in [0.15, 0.2) is 33.9 Å². The average molecular weight is 270 g/mol. The number of hydrogen-bond acceptors (Lipinski definition) is 1. The summed E-state index contributed by atoms with van der Waals surface area (Å²) in [6.07, 6.45) is 4.29. The van der Waals surface area contributed by atoms with E-state index in [1.807, 2.05) is 6.08 Å². The first-order chi connectivity index (χ1) is 7.24. The van der Waals surface area contributed by atoms with E-state index in [4.69, 9.17) is 5.53 Å². The molecule has 0 bridgehead atoms. The van der Waals surface area contributed by atoms with E-state index in [1.165, 1.54) is 6.07 Å². The van der Waals surface area contributed by atoms with Crippen molar-refractivity contribution in [2.24, 2.45) is 5.11 Å². The van der Waals surface area contributed by atoms with Crippen molar-refractivity contribution >= 4 is 22.0 Å². The maximum absolute atomic E-state index is 13.1. The molecule has 5 heteroatoms. The van der Waals surface area contributed by atoms with Crippen molar-refractivity contribution in [3.63, 3.8) is 0 Å². The molecule has 0 radical (unpaired) electrons. The molecular formula is C10H9BrFN3. The Morgan fingerprint density at radius 2 is 2.33 bits per heavy atom. The maximum atomic E-state index is 13.1. The second kappa shape index (κ2) is 6.22. The summed E-state index contributed by atoms with van der Waals surface area (Å²) in [5, 5.41) is 3.38. The molecule has 0 amide bonds. The van der Waals surface area contributed by atoms with Crippen LogP contribution in [-0.2, 0) is 0 Å². The number of hydrogen-bond donors (Lipinski definition) is 0. The monoisotopic (exact) mass is 269 g/mol. The summed E-state index contributed by atoms with van der Waals surface area (Å²) in [5.41, 5.74) is 8.82. The van der Waals surface area contributed by atoms with Gasteiger partial charge >= 0.3 is 0 Å². The quantitative estimate of drug-likeness (QED) is 0.339. The van der Waals surface area contributed by atoms with Gasteiger partial charge in [-0.2, -0.15) is 0 Å². The highest BCUT2D eigenvalue weighted by Gasteiger charge is 1.97. The molecule has 1 aromatic carbocycles. The Kier molecular flexibility index (Phi) is 4.87. The Hall–Kier alpha value is -1.32. The fourth-order valence-electron chi connectivity index (χ4n) is 1.01. The Morgan fingerprint density at radius 1 is 1.53 bits per heavy atom. The van der Waals surface area contributed by atoms with Crippen molar-refractivity contribution in [2.75, 3.05) is 6.54 Å². The van der Waals surface area contributed by atoms with Gasteiger partial charge in [0.1, 0.15) is 5.82 Å². The van der Waals surface area contributed by atoms with Crippen molar-refractivity contribution in [1.29, 1.82) is 0 Å². The van der Waals surface area contributed by atoms with Gasteiger partial charge in [0.2, 0.25) is 0 Å². The van der Waals surface area contributed by atoms with E-state index in [-0.39, 0.29) is 5.82 Å². The zero-order valence-corrected chi connectivity index (χ0v) is 9.48. The van der Waals surface area contributed by atoms with Crippen LogP contribution in [0.1, 0.15) is 12.0 Å². The standard InChI is InChI=1S/C10H9BrFN3/c11-9-5-4-8(7-10(9)12)3-1-2-6-14-15-13/h1,3-5,7H,2,6H2. The molecule has 0 saturated heterocycles. The predicted octanol–water partition coefficient (Wildman–Crippen LogP) is 4.30. The fraction of sp³-hybridized carbons (Fsp3) is 0.200. The molecule has 0 N–H and O–H groups in total. The van der Waals surface area contributed by atoms with E-state index in [0.29, 0.717) is 17.4 Å². The van der Waals surface area contributed by atoms with E-state index in [2.05, 4.69) is 26.0 Å². The summed E-state index contributed by atoms with van der Waals surface area (Å²) >= 11 is 3.08. The molecular weight excluding hydrogens is 261 g/mol. The van der Waals surface area contributed by atoms with Crippen LogP contribution in [-0.4, -0.2) is 6.54 Å². The van der Waals surface area contributed by atoms with Gasteiger partial charge in [0.15, 0.2) is 0 Å². The van der Waals surface area contributed by atoms with Gasteiger partial charge in [-0.15, -0.1) is 0 Å². The number of halogens is 2. The smallest absolute Gasteiger partial charge is 0.137 e. The minimum absolute atomic E-state index is 0.285. The number of nitrogens with zero attached hydrogens (tertiary/aromatic N) is 3. The Balaban J connectivity index is 2.56. The van der Waals surface area contributed by atoms with Crippen LogP contribution in [0.2, 0.25) is 0 Å². The van der Waals surface area contributed by atoms with Crippen LogP contribution in [0, 0.1) is 5.82 Å². The molecule has 0 unspecified atom stereocenters. The van der Waals surface area contributed by atoms with Crippen molar-refractivity contribution in [1.82, 2.24) is 0 Å². The normalized spacial score (nSPS) is 10.3. The van der Waals surface area contributed by atoms with E-state index in [0.717, 1.165) is 5.56 Å². The lowest BCUT2D eigenvalue weighted by molar-refractivity contribution is 0.621. The van der Waals surface area contributed by atoms with Crippen molar-refractivity contribution in [2.45, 2.75) is 6.42 Å². The zero-order valence-electron chi connectivity index (χ0n) is 7.90. The Labute approximate surface area is 95.4 Å². The van der Waals surface area contributed by atoms with Gasteiger partial charge < -0.3 is 0 Å². The highest BCUT2D eigenvalue weighted by atomic mass is 79.9. The summed E-state index contributed by atoms with van der Waals surface area (Å²) in [7, 11) is 0. The third-order valence-electron chi connectivity index (χ3n) is 1.71. The first kappa shape index (κ1) is 11.8. The first-order valence-electron chi connectivity index (χ1n) is 4.36. The van der Waals surface area contributed by atoms with Crippen molar-refractivity contribution < 1.29 is 4.39 Å². The molecule has 0 spiro atoms. The second-order valence-corrected chi connectivity index (χ2v) is 3.67.